The molecule has 5 nitrogen and oxygen atoms in total. The van der Waals surface area contributed by atoms with Crippen molar-refractivity contribution in [3.05, 3.63) is 0 Å². The van der Waals surface area contributed by atoms with Gasteiger partial charge in [-0.1, -0.05) is 39.0 Å². The fourth-order valence-corrected chi connectivity index (χ4v) is 1.89. The maximum Gasteiger partial charge on any atom is 1.00 e. The van der Waals surface area contributed by atoms with E-state index in [1.807, 2.05) is 0 Å². The first kappa shape index (κ1) is 20.8. The summed E-state index contributed by atoms with van der Waals surface area (Å²) in [6, 6.07) is 0. The number of carbonyl (C=O) groups is 1. The van der Waals surface area contributed by atoms with E-state index in [2.05, 4.69) is 6.92 Å². The largest absolute Gasteiger partial charge is 1.00 e. The number of carbonyl (C=O) groups excluding carboxylic acids is 1. The molecule has 0 aromatic heterocycles. The summed E-state index contributed by atoms with van der Waals surface area (Å²) in [5, 5.41) is 8.91. The van der Waals surface area contributed by atoms with E-state index in [0.717, 1.165) is 25.7 Å². The van der Waals surface area contributed by atoms with Crippen LogP contribution in [0.4, 0.5) is 0 Å². The number of unbranched alkanes of at least 4 members (excludes halogenated alkanes) is 5. The van der Waals surface area contributed by atoms with Crippen molar-refractivity contribution in [2.75, 3.05) is 0 Å². The standard InChI is InChI=1S/C11H22O5S.Na/c1-2-3-4-5-6-7-8-10(12)9-11(13)17(14,15)16;/h11,13H,2-9H2,1H3,(H,14,15,16);/q;+1/p-1. The molecule has 0 aromatic carbocycles. The Bertz CT molecular complexity index is 315. The molecule has 0 aliphatic carbocycles. The van der Waals surface area contributed by atoms with Crippen LogP contribution in [0.3, 0.4) is 0 Å². The van der Waals surface area contributed by atoms with E-state index in [9.17, 15) is 17.8 Å². The van der Waals surface area contributed by atoms with Crippen LogP contribution in [0.15, 0.2) is 0 Å². The zero-order chi connectivity index (χ0) is 13.3. The third kappa shape index (κ3) is 11.6. The number of aliphatic hydroxyl groups is 1. The molecule has 1 unspecified atom stereocenters. The summed E-state index contributed by atoms with van der Waals surface area (Å²) in [6.07, 6.45) is 5.80. The molecule has 0 aliphatic heterocycles. The Kier molecular flexibility index (Phi) is 13.2. The first-order valence-corrected chi connectivity index (χ1v) is 7.49. The predicted octanol–water partition coefficient (Wildman–Crippen LogP) is -1.44. The van der Waals surface area contributed by atoms with Crippen molar-refractivity contribution in [3.8, 4) is 0 Å². The van der Waals surface area contributed by atoms with E-state index < -0.39 is 22.0 Å². The van der Waals surface area contributed by atoms with Crippen LogP contribution in [0, 0.1) is 0 Å². The number of Topliss-reactive ketones (excluding diaryl/α,β-unsaturated/α-hetero) is 1. The second-order valence-corrected chi connectivity index (χ2v) is 5.74. The van der Waals surface area contributed by atoms with Gasteiger partial charge in [0.25, 0.3) is 0 Å². The zero-order valence-electron chi connectivity index (χ0n) is 11.2. The van der Waals surface area contributed by atoms with Crippen molar-refractivity contribution in [1.29, 1.82) is 0 Å². The first-order valence-electron chi connectivity index (χ1n) is 6.02. The van der Waals surface area contributed by atoms with Crippen molar-refractivity contribution in [2.45, 2.75) is 63.7 Å². The average molecular weight is 288 g/mol. The van der Waals surface area contributed by atoms with Crippen LogP contribution in [0.25, 0.3) is 0 Å². The molecule has 18 heavy (non-hydrogen) atoms. The molecule has 0 aliphatic rings. The topological polar surface area (TPSA) is 94.5 Å². The molecule has 1 atom stereocenters. The second-order valence-electron chi connectivity index (χ2n) is 4.21. The van der Waals surface area contributed by atoms with E-state index >= 15 is 0 Å². The molecular formula is C11H21NaO5S. The van der Waals surface area contributed by atoms with Crippen molar-refractivity contribution in [1.82, 2.24) is 0 Å². The summed E-state index contributed by atoms with van der Waals surface area (Å²) < 4.78 is 31.1. The van der Waals surface area contributed by atoms with Crippen molar-refractivity contribution in [3.63, 3.8) is 0 Å². The SMILES string of the molecule is CCCCCCCCC(=O)CC(O)S(=O)(=O)[O-].[Na+]. The summed E-state index contributed by atoms with van der Waals surface area (Å²) in [7, 11) is -4.76. The Morgan fingerprint density at radius 3 is 2.17 bits per heavy atom. The van der Waals surface area contributed by atoms with Gasteiger partial charge in [-0.2, -0.15) is 0 Å². The van der Waals surface area contributed by atoms with Gasteiger partial charge in [0.05, 0.1) is 0 Å². The molecule has 0 saturated carbocycles. The van der Waals surface area contributed by atoms with Gasteiger partial charge in [0.2, 0.25) is 0 Å². The molecule has 0 spiro atoms. The zero-order valence-corrected chi connectivity index (χ0v) is 14.0. The van der Waals surface area contributed by atoms with Gasteiger partial charge >= 0.3 is 29.6 Å². The fourth-order valence-electron chi connectivity index (χ4n) is 1.50. The van der Waals surface area contributed by atoms with E-state index in [1.54, 1.807) is 0 Å². The number of hydrogen-bond donors (Lipinski definition) is 1. The minimum absolute atomic E-state index is 0. The molecule has 102 valence electrons. The Morgan fingerprint density at radius 1 is 1.17 bits per heavy atom. The van der Waals surface area contributed by atoms with Gasteiger partial charge in [0.15, 0.2) is 0 Å². The van der Waals surface area contributed by atoms with Crippen LogP contribution in [-0.2, 0) is 14.9 Å². The molecule has 0 rings (SSSR count). The number of ketones is 1. The van der Waals surface area contributed by atoms with E-state index in [-0.39, 0.29) is 41.8 Å². The Balaban J connectivity index is 0. The van der Waals surface area contributed by atoms with Crippen LogP contribution < -0.4 is 29.6 Å². The predicted molar refractivity (Wildman–Crippen MR) is 63.3 cm³/mol. The quantitative estimate of drug-likeness (QED) is 0.302. The molecule has 7 heteroatoms. The first-order chi connectivity index (χ1) is 7.88. The third-order valence-electron chi connectivity index (χ3n) is 2.54. The molecule has 0 aromatic rings. The van der Waals surface area contributed by atoms with Crippen LogP contribution in [-0.4, -0.2) is 29.3 Å². The third-order valence-corrected chi connectivity index (χ3v) is 3.38. The van der Waals surface area contributed by atoms with Gasteiger partial charge in [-0.15, -0.1) is 0 Å². The van der Waals surface area contributed by atoms with Gasteiger partial charge in [-0.3, -0.25) is 4.79 Å². The van der Waals surface area contributed by atoms with E-state index in [1.165, 1.54) is 6.42 Å². The van der Waals surface area contributed by atoms with Gasteiger partial charge < -0.3 is 9.66 Å². The molecule has 1 N–H and O–H groups in total. The van der Waals surface area contributed by atoms with E-state index in [4.69, 9.17) is 5.11 Å². The van der Waals surface area contributed by atoms with Crippen LogP contribution in [0.2, 0.25) is 0 Å². The molecule has 0 fully saturated rings. The normalized spacial score (nSPS) is 12.8. The second kappa shape index (κ2) is 11.4. The molecule has 0 heterocycles. The molecular weight excluding hydrogens is 267 g/mol. The summed E-state index contributed by atoms with van der Waals surface area (Å²) in [5.41, 5.74) is -2.09. The monoisotopic (exact) mass is 288 g/mol. The summed E-state index contributed by atoms with van der Waals surface area (Å²) >= 11 is 0. The van der Waals surface area contributed by atoms with Crippen molar-refractivity contribution in [2.24, 2.45) is 0 Å². The van der Waals surface area contributed by atoms with E-state index in [0.29, 0.717) is 6.42 Å². The van der Waals surface area contributed by atoms with Gasteiger partial charge in [-0.05, 0) is 6.42 Å². The smallest absolute Gasteiger partial charge is 0.746 e. The Morgan fingerprint density at radius 2 is 1.67 bits per heavy atom. The molecule has 0 saturated heterocycles. The summed E-state index contributed by atoms with van der Waals surface area (Å²) in [6.45, 7) is 2.12. The maximum absolute atomic E-state index is 11.2. The van der Waals surface area contributed by atoms with Gasteiger partial charge in [-0.25, -0.2) is 8.42 Å². The van der Waals surface area contributed by atoms with Crippen LogP contribution in [0.1, 0.15) is 58.3 Å². The molecule has 0 amide bonds. The van der Waals surface area contributed by atoms with Crippen molar-refractivity contribution < 1.29 is 52.4 Å². The Hall–Kier alpha value is 0.540. The number of aliphatic hydroxyl groups excluding tert-OH is 1. The van der Waals surface area contributed by atoms with Gasteiger partial charge in [0, 0.05) is 12.8 Å². The van der Waals surface area contributed by atoms with Gasteiger partial charge in [0.1, 0.15) is 21.3 Å². The Labute approximate surface area is 131 Å². The number of hydrogen-bond acceptors (Lipinski definition) is 5. The van der Waals surface area contributed by atoms with Crippen LogP contribution >= 0.6 is 0 Å². The fraction of sp³-hybridized carbons (Fsp3) is 0.909. The molecule has 0 radical (unpaired) electrons. The summed E-state index contributed by atoms with van der Waals surface area (Å²) in [5.74, 6) is -0.368. The average Bonchev–Trinajstić information content (AvgIpc) is 2.21. The van der Waals surface area contributed by atoms with Crippen molar-refractivity contribution >= 4 is 15.9 Å². The maximum atomic E-state index is 11.2. The minimum Gasteiger partial charge on any atom is -0.746 e. The number of rotatable bonds is 10. The summed E-state index contributed by atoms with van der Waals surface area (Å²) in [4.78, 5) is 11.2. The van der Waals surface area contributed by atoms with Crippen LogP contribution in [0.5, 0.6) is 0 Å². The minimum atomic E-state index is -4.76. The molecule has 0 bridgehead atoms.